The first-order valence-corrected chi connectivity index (χ1v) is 4.04. The van der Waals surface area contributed by atoms with Gasteiger partial charge < -0.3 is 14.2 Å². The standard InChI is InChI=1S/C8H12O4/c1-8(2)11-6-4-10-3-5(9)7(6)12-8/h6-7H,3-4H2,1-2H3. The molecule has 0 N–H and O–H groups in total. The second kappa shape index (κ2) is 2.52. The van der Waals surface area contributed by atoms with Gasteiger partial charge in [-0.25, -0.2) is 0 Å². The van der Waals surface area contributed by atoms with E-state index < -0.39 is 11.9 Å². The average Bonchev–Trinajstić information content (AvgIpc) is 2.25. The van der Waals surface area contributed by atoms with Crippen LogP contribution in [0.2, 0.25) is 0 Å². The van der Waals surface area contributed by atoms with Crippen molar-refractivity contribution >= 4 is 5.78 Å². The number of rotatable bonds is 0. The van der Waals surface area contributed by atoms with Gasteiger partial charge in [-0.15, -0.1) is 0 Å². The molecule has 2 rings (SSSR count). The molecule has 2 fully saturated rings. The van der Waals surface area contributed by atoms with Gasteiger partial charge in [0.1, 0.15) is 18.8 Å². The van der Waals surface area contributed by atoms with Crippen molar-refractivity contribution in [2.75, 3.05) is 13.2 Å². The molecule has 4 nitrogen and oxygen atoms in total. The van der Waals surface area contributed by atoms with Crippen LogP contribution < -0.4 is 0 Å². The summed E-state index contributed by atoms with van der Waals surface area (Å²) in [6.45, 7) is 4.22. The van der Waals surface area contributed by atoms with Crippen LogP contribution in [0, 0.1) is 0 Å². The van der Waals surface area contributed by atoms with Crippen molar-refractivity contribution in [2.45, 2.75) is 31.8 Å². The van der Waals surface area contributed by atoms with E-state index in [1.54, 1.807) is 13.8 Å². The molecule has 68 valence electrons. The quantitative estimate of drug-likeness (QED) is 0.520. The van der Waals surface area contributed by atoms with Crippen molar-refractivity contribution in [2.24, 2.45) is 0 Å². The minimum atomic E-state index is -0.640. The Bertz CT molecular complexity index is 211. The molecular formula is C8H12O4. The molecule has 2 atom stereocenters. The summed E-state index contributed by atoms with van der Waals surface area (Å²) in [6.07, 6.45) is -0.616. The second-order valence-corrected chi connectivity index (χ2v) is 3.58. The zero-order valence-electron chi connectivity index (χ0n) is 7.20. The third kappa shape index (κ3) is 1.26. The largest absolute Gasteiger partial charge is 0.371 e. The van der Waals surface area contributed by atoms with Crippen LogP contribution in [0.4, 0.5) is 0 Å². The maximum atomic E-state index is 11.2. The fourth-order valence-corrected chi connectivity index (χ4v) is 1.59. The van der Waals surface area contributed by atoms with E-state index >= 15 is 0 Å². The Morgan fingerprint density at radius 1 is 1.42 bits per heavy atom. The lowest BCUT2D eigenvalue weighted by atomic mass is 10.1. The minimum absolute atomic E-state index is 0.0168. The van der Waals surface area contributed by atoms with Crippen molar-refractivity contribution in [3.63, 3.8) is 0 Å². The number of hydrogen-bond acceptors (Lipinski definition) is 4. The fraction of sp³-hybridized carbons (Fsp3) is 0.875. The van der Waals surface area contributed by atoms with Crippen molar-refractivity contribution in [3.05, 3.63) is 0 Å². The van der Waals surface area contributed by atoms with Gasteiger partial charge in [0.15, 0.2) is 11.6 Å². The van der Waals surface area contributed by atoms with Crippen molar-refractivity contribution < 1.29 is 19.0 Å². The van der Waals surface area contributed by atoms with Gasteiger partial charge in [-0.2, -0.15) is 0 Å². The molecule has 2 unspecified atom stereocenters. The fourth-order valence-electron chi connectivity index (χ4n) is 1.59. The highest BCUT2D eigenvalue weighted by Crippen LogP contribution is 2.30. The Morgan fingerprint density at radius 3 is 2.83 bits per heavy atom. The molecule has 2 aliphatic rings. The number of ketones is 1. The molecule has 0 aromatic rings. The molecule has 2 saturated heterocycles. The summed E-state index contributed by atoms with van der Waals surface area (Å²) in [6, 6.07) is 0. The Labute approximate surface area is 70.8 Å². The third-order valence-electron chi connectivity index (χ3n) is 2.03. The lowest BCUT2D eigenvalue weighted by Crippen LogP contribution is -2.42. The molecule has 0 aromatic heterocycles. The van der Waals surface area contributed by atoms with E-state index in [-0.39, 0.29) is 18.5 Å². The van der Waals surface area contributed by atoms with Crippen LogP contribution >= 0.6 is 0 Å². The van der Waals surface area contributed by atoms with Crippen LogP contribution in [-0.2, 0) is 19.0 Å². The second-order valence-electron chi connectivity index (χ2n) is 3.58. The molecule has 0 aliphatic carbocycles. The molecule has 0 saturated carbocycles. The monoisotopic (exact) mass is 172 g/mol. The van der Waals surface area contributed by atoms with E-state index in [1.165, 1.54) is 0 Å². The van der Waals surface area contributed by atoms with E-state index in [0.717, 1.165) is 0 Å². The average molecular weight is 172 g/mol. The number of fused-ring (bicyclic) bond motifs is 1. The molecule has 0 spiro atoms. The molecule has 4 heteroatoms. The number of ether oxygens (including phenoxy) is 3. The maximum absolute atomic E-state index is 11.2. The van der Waals surface area contributed by atoms with E-state index in [4.69, 9.17) is 14.2 Å². The lowest BCUT2D eigenvalue weighted by Gasteiger charge is -2.20. The van der Waals surface area contributed by atoms with E-state index in [0.29, 0.717) is 6.61 Å². The molecule has 12 heavy (non-hydrogen) atoms. The third-order valence-corrected chi connectivity index (χ3v) is 2.03. The predicted molar refractivity (Wildman–Crippen MR) is 39.7 cm³/mol. The first kappa shape index (κ1) is 8.16. The maximum Gasteiger partial charge on any atom is 0.189 e. The number of hydrogen-bond donors (Lipinski definition) is 0. The molecule has 2 aliphatic heterocycles. The van der Waals surface area contributed by atoms with Crippen LogP contribution in [-0.4, -0.2) is 37.0 Å². The van der Waals surface area contributed by atoms with E-state index in [1.807, 2.05) is 0 Å². The van der Waals surface area contributed by atoms with Crippen molar-refractivity contribution in [3.8, 4) is 0 Å². The van der Waals surface area contributed by atoms with Gasteiger partial charge in [0.25, 0.3) is 0 Å². The molecule has 0 radical (unpaired) electrons. The van der Waals surface area contributed by atoms with Gasteiger partial charge >= 0.3 is 0 Å². The van der Waals surface area contributed by atoms with Crippen LogP contribution in [0.15, 0.2) is 0 Å². The van der Waals surface area contributed by atoms with Crippen LogP contribution in [0.25, 0.3) is 0 Å². The van der Waals surface area contributed by atoms with Crippen molar-refractivity contribution in [1.29, 1.82) is 0 Å². The Kier molecular flexibility index (Phi) is 1.71. The molecule has 2 heterocycles. The van der Waals surface area contributed by atoms with Crippen molar-refractivity contribution in [1.82, 2.24) is 0 Å². The zero-order valence-corrected chi connectivity index (χ0v) is 7.20. The summed E-state index contributed by atoms with van der Waals surface area (Å²) in [5.74, 6) is -0.657. The summed E-state index contributed by atoms with van der Waals surface area (Å²) in [5.41, 5.74) is 0. The Morgan fingerprint density at radius 2 is 2.17 bits per heavy atom. The lowest BCUT2D eigenvalue weighted by molar-refractivity contribution is -0.152. The first-order valence-electron chi connectivity index (χ1n) is 4.04. The van der Waals surface area contributed by atoms with Gasteiger partial charge in [0.05, 0.1) is 6.61 Å². The highest BCUT2D eigenvalue weighted by atomic mass is 16.8. The first-order chi connectivity index (χ1) is 5.58. The molecular weight excluding hydrogens is 160 g/mol. The summed E-state index contributed by atoms with van der Waals surface area (Å²) >= 11 is 0. The van der Waals surface area contributed by atoms with Gasteiger partial charge in [-0.3, -0.25) is 4.79 Å². The van der Waals surface area contributed by atoms with Crippen LogP contribution in [0.5, 0.6) is 0 Å². The summed E-state index contributed by atoms with van der Waals surface area (Å²) in [7, 11) is 0. The molecule has 0 amide bonds. The number of carbonyl (C=O) groups excluding carboxylic acids is 1. The SMILES string of the molecule is CC1(C)OC2COCC(=O)C2O1. The Hall–Kier alpha value is -0.450. The molecule has 0 bridgehead atoms. The van der Waals surface area contributed by atoms with Gasteiger partial charge in [-0.05, 0) is 13.8 Å². The predicted octanol–water partition coefficient (Wildman–Crippen LogP) is 0.106. The number of carbonyl (C=O) groups is 1. The minimum Gasteiger partial charge on any atom is -0.371 e. The highest BCUT2D eigenvalue weighted by molar-refractivity contribution is 5.85. The van der Waals surface area contributed by atoms with Gasteiger partial charge in [0.2, 0.25) is 0 Å². The van der Waals surface area contributed by atoms with Crippen LogP contribution in [0.1, 0.15) is 13.8 Å². The van der Waals surface area contributed by atoms with Gasteiger partial charge in [0, 0.05) is 0 Å². The Balaban J connectivity index is 2.14. The highest BCUT2D eigenvalue weighted by Gasteiger charge is 2.47. The van der Waals surface area contributed by atoms with Crippen LogP contribution in [0.3, 0.4) is 0 Å². The smallest absolute Gasteiger partial charge is 0.189 e. The van der Waals surface area contributed by atoms with E-state index in [2.05, 4.69) is 0 Å². The summed E-state index contributed by atoms with van der Waals surface area (Å²) < 4.78 is 15.9. The van der Waals surface area contributed by atoms with E-state index in [9.17, 15) is 4.79 Å². The zero-order chi connectivity index (χ0) is 8.77. The molecule has 0 aromatic carbocycles. The summed E-state index contributed by atoms with van der Waals surface area (Å²) in [5, 5.41) is 0. The number of Topliss-reactive ketones (excluding diaryl/α,β-unsaturated/α-hetero) is 1. The van der Waals surface area contributed by atoms with Gasteiger partial charge in [-0.1, -0.05) is 0 Å². The topological polar surface area (TPSA) is 44.8 Å². The normalized spacial score (nSPS) is 39.7. The summed E-state index contributed by atoms with van der Waals surface area (Å²) in [4.78, 5) is 11.2.